The first-order valence-electron chi connectivity index (χ1n) is 6.92. The fourth-order valence-electron chi connectivity index (χ4n) is 2.78. The van der Waals surface area contributed by atoms with Crippen LogP contribution < -0.4 is 0 Å². The Morgan fingerprint density at radius 1 is 1.50 bits per heavy atom. The van der Waals surface area contributed by atoms with E-state index in [-0.39, 0.29) is 5.91 Å². The summed E-state index contributed by atoms with van der Waals surface area (Å²) in [6, 6.07) is 1.98. The van der Waals surface area contributed by atoms with Gasteiger partial charge in [-0.2, -0.15) is 5.10 Å². The number of carbonyl (C=O) groups is 1. The molecule has 3 rings (SSSR count). The highest BCUT2D eigenvalue weighted by molar-refractivity contribution is 9.10. The third-order valence-electron chi connectivity index (χ3n) is 3.68. The van der Waals surface area contributed by atoms with E-state index in [0.717, 1.165) is 29.2 Å². The van der Waals surface area contributed by atoms with E-state index in [0.29, 0.717) is 24.7 Å². The first-order chi connectivity index (χ1) is 9.65. The number of rotatable bonds is 4. The van der Waals surface area contributed by atoms with Crippen molar-refractivity contribution < 1.29 is 4.79 Å². The molecule has 0 N–H and O–H groups in total. The van der Waals surface area contributed by atoms with Gasteiger partial charge in [0.2, 0.25) is 5.91 Å². The Balaban J connectivity index is 1.74. The normalized spacial score (nSPS) is 19.2. The van der Waals surface area contributed by atoms with Gasteiger partial charge < -0.3 is 4.90 Å². The molecule has 106 valence electrons. The molecule has 1 fully saturated rings. The molecule has 20 heavy (non-hydrogen) atoms. The van der Waals surface area contributed by atoms with Crippen molar-refractivity contribution in [2.75, 3.05) is 6.54 Å². The number of carbonyl (C=O) groups excluding carboxylic acids is 1. The van der Waals surface area contributed by atoms with Gasteiger partial charge in [0.05, 0.1) is 0 Å². The molecule has 6 heteroatoms. The molecule has 1 unspecified atom stereocenters. The Bertz CT molecular complexity index is 639. The van der Waals surface area contributed by atoms with Gasteiger partial charge in [0, 0.05) is 35.2 Å². The van der Waals surface area contributed by atoms with Crippen LogP contribution in [0.1, 0.15) is 26.2 Å². The predicted octanol–water partition coefficient (Wildman–Crippen LogP) is 2.80. The predicted molar refractivity (Wildman–Crippen MR) is 80.0 cm³/mol. The number of halogens is 1. The van der Waals surface area contributed by atoms with Gasteiger partial charge in [-0.3, -0.25) is 9.48 Å². The van der Waals surface area contributed by atoms with Crippen LogP contribution in [0.4, 0.5) is 0 Å². The van der Waals surface area contributed by atoms with Crippen molar-refractivity contribution in [3.8, 4) is 0 Å². The zero-order valence-corrected chi connectivity index (χ0v) is 13.0. The minimum Gasteiger partial charge on any atom is -0.323 e. The molecule has 2 aromatic heterocycles. The van der Waals surface area contributed by atoms with E-state index in [2.05, 4.69) is 32.9 Å². The monoisotopic (exact) mass is 336 g/mol. The summed E-state index contributed by atoms with van der Waals surface area (Å²) in [7, 11) is 0. The van der Waals surface area contributed by atoms with Gasteiger partial charge >= 0.3 is 0 Å². The van der Waals surface area contributed by atoms with Gasteiger partial charge in [-0.1, -0.05) is 13.3 Å². The van der Waals surface area contributed by atoms with Gasteiger partial charge in [-0.15, -0.1) is 0 Å². The molecule has 2 aromatic rings. The smallest absolute Gasteiger partial charge is 0.224 e. The second-order valence-electron chi connectivity index (χ2n) is 5.35. The van der Waals surface area contributed by atoms with Crippen LogP contribution >= 0.6 is 15.9 Å². The molecular weight excluding hydrogens is 320 g/mol. The summed E-state index contributed by atoms with van der Waals surface area (Å²) in [6.45, 7) is 3.53. The highest BCUT2D eigenvalue weighted by Gasteiger charge is 2.29. The largest absolute Gasteiger partial charge is 0.323 e. The van der Waals surface area contributed by atoms with Gasteiger partial charge in [-0.25, -0.2) is 4.98 Å². The summed E-state index contributed by atoms with van der Waals surface area (Å²) < 4.78 is 2.74. The molecule has 1 atom stereocenters. The number of fused-ring (bicyclic) bond motifs is 1. The number of nitrogens with zero attached hydrogens (tertiary/aromatic N) is 4. The molecule has 0 aromatic carbocycles. The van der Waals surface area contributed by atoms with Crippen molar-refractivity contribution in [2.45, 2.75) is 32.9 Å². The van der Waals surface area contributed by atoms with Crippen molar-refractivity contribution in [3.05, 3.63) is 22.9 Å². The second kappa shape index (κ2) is 5.52. The lowest BCUT2D eigenvalue weighted by Gasteiger charge is -2.16. The highest BCUT2D eigenvalue weighted by Crippen LogP contribution is 2.23. The van der Waals surface area contributed by atoms with Gasteiger partial charge in [0.25, 0.3) is 0 Å². The van der Waals surface area contributed by atoms with Crippen molar-refractivity contribution in [1.82, 2.24) is 19.7 Å². The minimum absolute atomic E-state index is 0.233. The second-order valence-corrected chi connectivity index (χ2v) is 6.27. The molecule has 1 aliphatic rings. The summed E-state index contributed by atoms with van der Waals surface area (Å²) >= 11 is 3.40. The lowest BCUT2D eigenvalue weighted by Crippen LogP contribution is -2.28. The van der Waals surface area contributed by atoms with Crippen LogP contribution in [0.2, 0.25) is 0 Å². The summed E-state index contributed by atoms with van der Waals surface area (Å²) in [5.74, 6) is 0.738. The molecule has 1 saturated heterocycles. The third kappa shape index (κ3) is 2.70. The SMILES string of the molecule is CCCC1CC(=O)N(Cn2cc3cc(Br)cnc3n2)C1. The maximum Gasteiger partial charge on any atom is 0.224 e. The van der Waals surface area contributed by atoms with Crippen LogP contribution in [0.15, 0.2) is 22.9 Å². The molecular formula is C14H17BrN4O. The molecule has 0 aliphatic carbocycles. The van der Waals surface area contributed by atoms with Crippen LogP contribution in [0.25, 0.3) is 11.0 Å². The standard InChI is InChI=1S/C14H17BrN4O/c1-2-3-10-4-13(20)18(7-10)9-19-8-11-5-12(15)6-16-14(11)17-19/h5-6,8,10H,2-4,7,9H2,1H3. The van der Waals surface area contributed by atoms with E-state index >= 15 is 0 Å². The summed E-state index contributed by atoms with van der Waals surface area (Å²) in [5, 5.41) is 5.40. The number of hydrogen-bond donors (Lipinski definition) is 0. The molecule has 1 aliphatic heterocycles. The first-order valence-corrected chi connectivity index (χ1v) is 7.71. The van der Waals surface area contributed by atoms with Crippen LogP contribution in [0.5, 0.6) is 0 Å². The summed E-state index contributed by atoms with van der Waals surface area (Å²) in [5.41, 5.74) is 0.713. The van der Waals surface area contributed by atoms with Crippen molar-refractivity contribution in [2.24, 2.45) is 5.92 Å². The van der Waals surface area contributed by atoms with Gasteiger partial charge in [0.15, 0.2) is 5.65 Å². The van der Waals surface area contributed by atoms with E-state index in [9.17, 15) is 4.79 Å². The van der Waals surface area contributed by atoms with E-state index in [4.69, 9.17) is 0 Å². The number of likely N-dealkylation sites (tertiary alicyclic amines) is 1. The topological polar surface area (TPSA) is 51.0 Å². The average molecular weight is 337 g/mol. The Morgan fingerprint density at radius 2 is 2.35 bits per heavy atom. The van der Waals surface area contributed by atoms with Crippen LogP contribution in [0, 0.1) is 5.92 Å². The zero-order valence-electron chi connectivity index (χ0n) is 11.4. The lowest BCUT2D eigenvalue weighted by atomic mass is 10.0. The van der Waals surface area contributed by atoms with Crippen LogP contribution in [0.3, 0.4) is 0 Å². The van der Waals surface area contributed by atoms with E-state index in [1.165, 1.54) is 0 Å². The molecule has 5 nitrogen and oxygen atoms in total. The number of pyridine rings is 1. The maximum absolute atomic E-state index is 12.0. The van der Waals surface area contributed by atoms with Crippen LogP contribution in [-0.4, -0.2) is 32.1 Å². The highest BCUT2D eigenvalue weighted by atomic mass is 79.9. The molecule has 0 spiro atoms. The molecule has 3 heterocycles. The average Bonchev–Trinajstić information content (AvgIpc) is 2.94. The Hall–Kier alpha value is -1.43. The quantitative estimate of drug-likeness (QED) is 0.862. The molecule has 0 bridgehead atoms. The zero-order chi connectivity index (χ0) is 14.1. The van der Waals surface area contributed by atoms with Crippen molar-refractivity contribution >= 4 is 32.9 Å². The number of hydrogen-bond acceptors (Lipinski definition) is 3. The lowest BCUT2D eigenvalue weighted by molar-refractivity contribution is -0.129. The molecule has 0 radical (unpaired) electrons. The van der Waals surface area contributed by atoms with Crippen molar-refractivity contribution in [3.63, 3.8) is 0 Å². The third-order valence-corrected chi connectivity index (χ3v) is 4.11. The minimum atomic E-state index is 0.233. The van der Waals surface area contributed by atoms with E-state index in [1.54, 1.807) is 10.9 Å². The van der Waals surface area contributed by atoms with E-state index in [1.807, 2.05) is 17.2 Å². The van der Waals surface area contributed by atoms with Crippen molar-refractivity contribution in [1.29, 1.82) is 0 Å². The van der Waals surface area contributed by atoms with Gasteiger partial charge in [-0.05, 0) is 34.3 Å². The summed E-state index contributed by atoms with van der Waals surface area (Å²) in [6.07, 6.45) is 6.61. The van der Waals surface area contributed by atoms with E-state index < -0.39 is 0 Å². The fourth-order valence-corrected chi connectivity index (χ4v) is 3.13. The molecule has 0 saturated carbocycles. The molecule has 1 amide bonds. The van der Waals surface area contributed by atoms with Crippen LogP contribution in [-0.2, 0) is 11.5 Å². The van der Waals surface area contributed by atoms with Gasteiger partial charge in [0.1, 0.15) is 6.67 Å². The first kappa shape index (κ1) is 13.5. The Labute approximate surface area is 126 Å². The maximum atomic E-state index is 12.0. The Kier molecular flexibility index (Phi) is 3.74. The number of amides is 1. The number of aromatic nitrogens is 3. The Morgan fingerprint density at radius 3 is 3.15 bits per heavy atom. The fraction of sp³-hybridized carbons (Fsp3) is 0.500. The summed E-state index contributed by atoms with van der Waals surface area (Å²) in [4.78, 5) is 18.1.